The monoisotopic (exact) mass is 275 g/mol. The third-order valence-electron chi connectivity index (χ3n) is 3.51. The van der Waals surface area contributed by atoms with Gasteiger partial charge in [-0.1, -0.05) is 18.2 Å². The molecule has 0 saturated heterocycles. The van der Waals surface area contributed by atoms with E-state index in [2.05, 4.69) is 5.32 Å². The number of nitrogens with one attached hydrogen (secondary N) is 1. The number of ether oxygens (including phenoxy) is 1. The first-order valence-corrected chi connectivity index (χ1v) is 6.58. The predicted octanol–water partition coefficient (Wildman–Crippen LogP) is 3.82. The molecule has 1 aliphatic rings. The van der Waals surface area contributed by atoms with Crippen LogP contribution >= 0.6 is 0 Å². The summed E-state index contributed by atoms with van der Waals surface area (Å²) in [5, 5.41) is 2.84. The standard InChI is InChI=1S/C16H15F2NO/c1-10-2-4-13(17)16(15(10)18)19-9-11-3-5-14-12(8-11)6-7-20-14/h2-5,8,19H,6-7,9H2,1H3. The minimum absolute atomic E-state index is 0.0678. The summed E-state index contributed by atoms with van der Waals surface area (Å²) >= 11 is 0. The smallest absolute Gasteiger partial charge is 0.152 e. The van der Waals surface area contributed by atoms with Crippen molar-refractivity contribution in [1.29, 1.82) is 0 Å². The van der Waals surface area contributed by atoms with Crippen LogP contribution in [0.5, 0.6) is 5.75 Å². The fourth-order valence-electron chi connectivity index (χ4n) is 2.36. The number of benzene rings is 2. The van der Waals surface area contributed by atoms with Gasteiger partial charge in [-0.15, -0.1) is 0 Å². The molecule has 4 heteroatoms. The summed E-state index contributed by atoms with van der Waals surface area (Å²) in [6.45, 7) is 2.70. The number of halogens is 2. The van der Waals surface area contributed by atoms with Gasteiger partial charge in [0.15, 0.2) is 5.82 Å². The van der Waals surface area contributed by atoms with E-state index in [1.165, 1.54) is 12.1 Å². The van der Waals surface area contributed by atoms with Gasteiger partial charge in [-0.2, -0.15) is 0 Å². The van der Waals surface area contributed by atoms with Gasteiger partial charge in [-0.3, -0.25) is 0 Å². The Labute approximate surface area is 116 Å². The molecule has 0 saturated carbocycles. The van der Waals surface area contributed by atoms with Gasteiger partial charge in [0.1, 0.15) is 17.3 Å². The number of anilines is 1. The normalized spacial score (nSPS) is 12.9. The minimum Gasteiger partial charge on any atom is -0.493 e. The molecule has 104 valence electrons. The van der Waals surface area contributed by atoms with Crippen molar-refractivity contribution in [3.63, 3.8) is 0 Å². The van der Waals surface area contributed by atoms with Gasteiger partial charge in [0.05, 0.1) is 6.61 Å². The second-order valence-corrected chi connectivity index (χ2v) is 4.95. The molecule has 2 aromatic carbocycles. The molecule has 1 N–H and O–H groups in total. The van der Waals surface area contributed by atoms with Crippen LogP contribution in [0, 0.1) is 18.6 Å². The highest BCUT2D eigenvalue weighted by atomic mass is 19.1. The van der Waals surface area contributed by atoms with Crippen molar-refractivity contribution in [3.05, 3.63) is 58.7 Å². The SMILES string of the molecule is Cc1ccc(F)c(NCc2ccc3c(c2)CCO3)c1F. The van der Waals surface area contributed by atoms with Crippen LogP contribution in [0.1, 0.15) is 16.7 Å². The van der Waals surface area contributed by atoms with E-state index in [-0.39, 0.29) is 5.69 Å². The molecule has 0 atom stereocenters. The summed E-state index contributed by atoms with van der Waals surface area (Å²) in [5.41, 5.74) is 2.49. The van der Waals surface area contributed by atoms with E-state index < -0.39 is 11.6 Å². The van der Waals surface area contributed by atoms with Crippen LogP contribution in [0.25, 0.3) is 0 Å². The maximum atomic E-state index is 13.9. The molecule has 0 radical (unpaired) electrons. The van der Waals surface area contributed by atoms with Gasteiger partial charge in [-0.05, 0) is 35.7 Å². The topological polar surface area (TPSA) is 21.3 Å². The molecule has 1 aliphatic heterocycles. The first-order valence-electron chi connectivity index (χ1n) is 6.58. The number of hydrogen-bond donors (Lipinski definition) is 1. The van der Waals surface area contributed by atoms with Crippen molar-refractivity contribution in [2.24, 2.45) is 0 Å². The lowest BCUT2D eigenvalue weighted by molar-refractivity contribution is 0.357. The van der Waals surface area contributed by atoms with Gasteiger partial charge in [0, 0.05) is 13.0 Å². The average Bonchev–Trinajstić information content (AvgIpc) is 2.90. The lowest BCUT2D eigenvalue weighted by Crippen LogP contribution is -2.05. The van der Waals surface area contributed by atoms with Crippen molar-refractivity contribution < 1.29 is 13.5 Å². The quantitative estimate of drug-likeness (QED) is 0.919. The van der Waals surface area contributed by atoms with Crippen LogP contribution in [0.15, 0.2) is 30.3 Å². The molecule has 0 bridgehead atoms. The van der Waals surface area contributed by atoms with E-state index in [4.69, 9.17) is 4.74 Å². The fourth-order valence-corrected chi connectivity index (χ4v) is 2.36. The molecule has 0 amide bonds. The number of hydrogen-bond acceptors (Lipinski definition) is 2. The Morgan fingerprint density at radius 3 is 2.90 bits per heavy atom. The van der Waals surface area contributed by atoms with Crippen molar-refractivity contribution in [1.82, 2.24) is 0 Å². The van der Waals surface area contributed by atoms with Crippen LogP contribution < -0.4 is 10.1 Å². The Balaban J connectivity index is 1.79. The molecular weight excluding hydrogens is 260 g/mol. The molecule has 2 aromatic rings. The van der Waals surface area contributed by atoms with Crippen LogP contribution in [-0.4, -0.2) is 6.61 Å². The highest BCUT2D eigenvalue weighted by molar-refractivity contribution is 5.50. The highest BCUT2D eigenvalue weighted by Gasteiger charge is 2.13. The van der Waals surface area contributed by atoms with Gasteiger partial charge >= 0.3 is 0 Å². The lowest BCUT2D eigenvalue weighted by atomic mass is 10.1. The van der Waals surface area contributed by atoms with E-state index in [0.29, 0.717) is 18.7 Å². The summed E-state index contributed by atoms with van der Waals surface area (Å²) in [5.74, 6) is -0.200. The van der Waals surface area contributed by atoms with Crippen LogP contribution in [0.3, 0.4) is 0 Å². The van der Waals surface area contributed by atoms with Crippen molar-refractivity contribution in [3.8, 4) is 5.75 Å². The molecule has 0 aliphatic carbocycles. The maximum absolute atomic E-state index is 13.9. The minimum atomic E-state index is -0.572. The van der Waals surface area contributed by atoms with E-state index in [1.54, 1.807) is 6.92 Å². The molecule has 0 fully saturated rings. The van der Waals surface area contributed by atoms with Crippen LogP contribution in [0.2, 0.25) is 0 Å². The second kappa shape index (κ2) is 5.12. The molecule has 1 heterocycles. The largest absolute Gasteiger partial charge is 0.493 e. The first-order chi connectivity index (χ1) is 9.65. The van der Waals surface area contributed by atoms with E-state index in [9.17, 15) is 8.78 Å². The molecule has 3 rings (SSSR count). The zero-order valence-electron chi connectivity index (χ0n) is 11.2. The summed E-state index contributed by atoms with van der Waals surface area (Å²) in [6.07, 6.45) is 0.885. The summed E-state index contributed by atoms with van der Waals surface area (Å²) < 4.78 is 32.9. The second-order valence-electron chi connectivity index (χ2n) is 4.95. The van der Waals surface area contributed by atoms with Crippen molar-refractivity contribution >= 4 is 5.69 Å². The Hall–Kier alpha value is -2.10. The van der Waals surface area contributed by atoms with E-state index >= 15 is 0 Å². The van der Waals surface area contributed by atoms with Gasteiger partial charge in [-0.25, -0.2) is 8.78 Å². The van der Waals surface area contributed by atoms with E-state index in [0.717, 1.165) is 23.3 Å². The predicted molar refractivity (Wildman–Crippen MR) is 74.1 cm³/mol. The molecular formula is C16H15F2NO. The third kappa shape index (κ3) is 2.33. The van der Waals surface area contributed by atoms with Crippen LogP contribution in [0.4, 0.5) is 14.5 Å². The Kier molecular flexibility index (Phi) is 3.30. The molecule has 20 heavy (non-hydrogen) atoms. The Bertz CT molecular complexity index is 655. The lowest BCUT2D eigenvalue weighted by Gasteiger charge is -2.11. The maximum Gasteiger partial charge on any atom is 0.152 e. The third-order valence-corrected chi connectivity index (χ3v) is 3.51. The zero-order chi connectivity index (χ0) is 14.1. The summed E-state index contributed by atoms with van der Waals surface area (Å²) in [4.78, 5) is 0. The zero-order valence-corrected chi connectivity index (χ0v) is 11.2. The van der Waals surface area contributed by atoms with Crippen molar-refractivity contribution in [2.75, 3.05) is 11.9 Å². The van der Waals surface area contributed by atoms with Crippen LogP contribution in [-0.2, 0) is 13.0 Å². The molecule has 2 nitrogen and oxygen atoms in total. The number of fused-ring (bicyclic) bond motifs is 1. The Morgan fingerprint density at radius 2 is 2.05 bits per heavy atom. The van der Waals surface area contributed by atoms with Gasteiger partial charge in [0.25, 0.3) is 0 Å². The molecule has 0 aromatic heterocycles. The number of aryl methyl sites for hydroxylation is 1. The van der Waals surface area contributed by atoms with Gasteiger partial charge in [0.2, 0.25) is 0 Å². The Morgan fingerprint density at radius 1 is 1.20 bits per heavy atom. The molecule has 0 spiro atoms. The highest BCUT2D eigenvalue weighted by Crippen LogP contribution is 2.27. The first kappa shape index (κ1) is 12.9. The van der Waals surface area contributed by atoms with E-state index in [1.807, 2.05) is 18.2 Å². The summed E-state index contributed by atoms with van der Waals surface area (Å²) in [6, 6.07) is 8.53. The average molecular weight is 275 g/mol. The summed E-state index contributed by atoms with van der Waals surface area (Å²) in [7, 11) is 0. The fraction of sp³-hybridized carbons (Fsp3) is 0.250. The molecule has 0 unspecified atom stereocenters. The van der Waals surface area contributed by atoms with Crippen molar-refractivity contribution in [2.45, 2.75) is 19.9 Å². The number of rotatable bonds is 3. The van der Waals surface area contributed by atoms with Gasteiger partial charge < -0.3 is 10.1 Å².